The van der Waals surface area contributed by atoms with E-state index in [0.29, 0.717) is 11.4 Å². The minimum absolute atomic E-state index is 0.362. The second-order valence-corrected chi connectivity index (χ2v) is 6.98. The number of rotatable bonds is 7. The Labute approximate surface area is 163 Å². The minimum Gasteiger partial charge on any atom is -0.382 e. The molecule has 2 aromatic heterocycles. The molecule has 0 atom stereocenters. The molecule has 2 aromatic carbocycles. The lowest BCUT2D eigenvalue weighted by molar-refractivity contribution is 0.0999. The number of aryl methyl sites for hydroxylation is 2. The summed E-state index contributed by atoms with van der Waals surface area (Å²) < 4.78 is 2.16. The number of hydrogen-bond acceptors (Lipinski definition) is 4. The fraction of sp³-hybridized carbons (Fsp3) is 0.227. The van der Waals surface area contributed by atoms with Crippen molar-refractivity contribution in [2.75, 3.05) is 5.73 Å². The Morgan fingerprint density at radius 3 is 2.64 bits per heavy atom. The highest BCUT2D eigenvalue weighted by Gasteiger charge is 2.12. The van der Waals surface area contributed by atoms with Crippen molar-refractivity contribution in [2.45, 2.75) is 32.2 Å². The van der Waals surface area contributed by atoms with Gasteiger partial charge in [-0.2, -0.15) is 0 Å². The predicted octanol–water partition coefficient (Wildman–Crippen LogP) is 3.68. The Morgan fingerprint density at radius 2 is 1.79 bits per heavy atom. The van der Waals surface area contributed by atoms with Crippen LogP contribution in [0.3, 0.4) is 0 Å². The van der Waals surface area contributed by atoms with Gasteiger partial charge in [-0.25, -0.2) is 9.97 Å². The highest BCUT2D eigenvalue weighted by Crippen LogP contribution is 2.27. The maximum Gasteiger partial charge on any atom is 0.248 e. The second-order valence-electron chi connectivity index (χ2n) is 6.98. The molecule has 28 heavy (non-hydrogen) atoms. The van der Waals surface area contributed by atoms with E-state index in [1.165, 1.54) is 0 Å². The first-order valence-electron chi connectivity index (χ1n) is 9.52. The van der Waals surface area contributed by atoms with Gasteiger partial charge in [0.15, 0.2) is 5.82 Å². The number of nitrogens with two attached hydrogens (primary N) is 2. The van der Waals surface area contributed by atoms with E-state index >= 15 is 0 Å². The number of hydrogen-bond donors (Lipinski definition) is 2. The van der Waals surface area contributed by atoms with E-state index in [1.807, 2.05) is 42.7 Å². The number of benzene rings is 2. The van der Waals surface area contributed by atoms with E-state index in [2.05, 4.69) is 20.6 Å². The smallest absolute Gasteiger partial charge is 0.248 e. The lowest BCUT2D eigenvalue weighted by atomic mass is 10.0. The van der Waals surface area contributed by atoms with E-state index in [1.54, 1.807) is 6.07 Å². The Balaban J connectivity index is 1.44. The van der Waals surface area contributed by atoms with Gasteiger partial charge < -0.3 is 16.0 Å². The number of anilines is 1. The monoisotopic (exact) mass is 373 g/mol. The molecule has 0 aliphatic carbocycles. The van der Waals surface area contributed by atoms with Gasteiger partial charge in [0.1, 0.15) is 5.52 Å². The Hall–Kier alpha value is -3.41. The Morgan fingerprint density at radius 1 is 1.00 bits per heavy atom. The van der Waals surface area contributed by atoms with Crippen LogP contribution in [-0.2, 0) is 13.0 Å². The van der Waals surface area contributed by atoms with Crippen LogP contribution in [0, 0.1) is 0 Å². The van der Waals surface area contributed by atoms with Gasteiger partial charge in [0, 0.05) is 17.5 Å². The summed E-state index contributed by atoms with van der Waals surface area (Å²) in [5.41, 5.74) is 15.9. The summed E-state index contributed by atoms with van der Waals surface area (Å²) >= 11 is 0. The van der Waals surface area contributed by atoms with Crippen molar-refractivity contribution < 1.29 is 4.79 Å². The molecule has 4 N–H and O–H groups in total. The molecule has 1 amide bonds. The predicted molar refractivity (Wildman–Crippen MR) is 112 cm³/mol. The molecule has 6 heteroatoms. The molecule has 2 heterocycles. The van der Waals surface area contributed by atoms with Gasteiger partial charge >= 0.3 is 0 Å². The molecule has 0 fully saturated rings. The first-order valence-corrected chi connectivity index (χ1v) is 9.52. The molecule has 4 aromatic rings. The van der Waals surface area contributed by atoms with Crippen molar-refractivity contribution in [1.82, 2.24) is 14.5 Å². The summed E-state index contributed by atoms with van der Waals surface area (Å²) in [4.78, 5) is 20.4. The molecule has 0 saturated heterocycles. The number of amides is 1. The molecular formula is C22H23N5O. The zero-order valence-corrected chi connectivity index (χ0v) is 15.6. The maximum atomic E-state index is 11.5. The molecule has 0 unspecified atom stereocenters. The van der Waals surface area contributed by atoms with Gasteiger partial charge in [0.25, 0.3) is 0 Å². The normalized spacial score (nSPS) is 11.3. The van der Waals surface area contributed by atoms with Crippen molar-refractivity contribution in [1.29, 1.82) is 0 Å². The van der Waals surface area contributed by atoms with Crippen LogP contribution in [-0.4, -0.2) is 20.4 Å². The average molecular weight is 373 g/mol. The number of fused-ring (bicyclic) bond motifs is 3. The molecule has 0 radical (unpaired) electrons. The number of carbonyl (C=O) groups excluding carboxylic acids is 1. The van der Waals surface area contributed by atoms with Crippen LogP contribution in [0.2, 0.25) is 0 Å². The number of para-hydroxylation sites is 1. The van der Waals surface area contributed by atoms with Crippen LogP contribution >= 0.6 is 0 Å². The number of aromatic nitrogens is 3. The third-order valence-electron chi connectivity index (χ3n) is 5.11. The van der Waals surface area contributed by atoms with Gasteiger partial charge in [0.05, 0.1) is 17.4 Å². The minimum atomic E-state index is -0.362. The van der Waals surface area contributed by atoms with Crippen LogP contribution in [0.5, 0.6) is 0 Å². The zero-order valence-electron chi connectivity index (χ0n) is 15.6. The quantitative estimate of drug-likeness (QED) is 0.483. The first kappa shape index (κ1) is 18.0. The van der Waals surface area contributed by atoms with Crippen molar-refractivity contribution in [2.24, 2.45) is 5.73 Å². The van der Waals surface area contributed by atoms with Gasteiger partial charge in [0.2, 0.25) is 5.91 Å². The van der Waals surface area contributed by atoms with E-state index in [0.717, 1.165) is 59.7 Å². The second kappa shape index (κ2) is 7.68. The lowest BCUT2D eigenvalue weighted by Gasteiger charge is -2.09. The number of unbranched alkanes of at least 4 members (excludes halogenated alkanes) is 2. The van der Waals surface area contributed by atoms with Crippen LogP contribution in [0.1, 0.15) is 35.2 Å². The molecule has 0 aliphatic rings. The Bertz CT molecular complexity index is 1150. The molecule has 0 aliphatic heterocycles. The fourth-order valence-electron chi connectivity index (χ4n) is 3.73. The van der Waals surface area contributed by atoms with Crippen molar-refractivity contribution in [3.05, 3.63) is 66.0 Å². The number of imidazole rings is 1. The van der Waals surface area contributed by atoms with Gasteiger partial charge in [-0.05, 0) is 37.0 Å². The van der Waals surface area contributed by atoms with Gasteiger partial charge in [-0.3, -0.25) is 4.79 Å². The molecule has 4 rings (SSSR count). The molecule has 6 nitrogen and oxygen atoms in total. The van der Waals surface area contributed by atoms with Gasteiger partial charge in [-0.15, -0.1) is 0 Å². The number of nitrogen functional groups attached to an aromatic ring is 1. The van der Waals surface area contributed by atoms with Crippen molar-refractivity contribution in [3.63, 3.8) is 0 Å². The van der Waals surface area contributed by atoms with Crippen LogP contribution in [0.4, 0.5) is 5.82 Å². The summed E-state index contributed by atoms with van der Waals surface area (Å²) in [5, 5.41) is 1.07. The molecule has 0 saturated carbocycles. The van der Waals surface area contributed by atoms with Crippen LogP contribution < -0.4 is 11.5 Å². The molecule has 142 valence electrons. The largest absolute Gasteiger partial charge is 0.382 e. The highest BCUT2D eigenvalue weighted by atomic mass is 16.1. The third kappa shape index (κ3) is 3.41. The summed E-state index contributed by atoms with van der Waals surface area (Å²) in [5.74, 6) is 0.106. The SMILES string of the molecule is NC(=O)c1ccccc1CCCCCn1cnc2c(N)nc3ccccc3c21. The first-order chi connectivity index (χ1) is 13.6. The van der Waals surface area contributed by atoms with Crippen LogP contribution in [0.25, 0.3) is 21.9 Å². The standard InChI is InChI=1S/C22H23N5O/c23-21-19-20(17-11-5-6-12-18(17)26-21)27(14-25-19)13-7-1-2-8-15-9-3-4-10-16(15)22(24)28/h3-6,9-12,14H,1-2,7-8,13H2,(H2,23,26)(H2,24,28). The van der Waals surface area contributed by atoms with Crippen molar-refractivity contribution in [3.8, 4) is 0 Å². The van der Waals surface area contributed by atoms with E-state index < -0.39 is 0 Å². The maximum absolute atomic E-state index is 11.5. The average Bonchev–Trinajstić information content (AvgIpc) is 3.13. The summed E-state index contributed by atoms with van der Waals surface area (Å²) in [6.07, 6.45) is 5.76. The lowest BCUT2D eigenvalue weighted by Crippen LogP contribution is -2.13. The summed E-state index contributed by atoms with van der Waals surface area (Å²) in [6, 6.07) is 15.6. The Kier molecular flexibility index (Phi) is 4.93. The van der Waals surface area contributed by atoms with E-state index in [-0.39, 0.29) is 5.91 Å². The van der Waals surface area contributed by atoms with Crippen molar-refractivity contribution >= 4 is 33.7 Å². The number of nitrogens with zero attached hydrogens (tertiary/aromatic N) is 3. The zero-order chi connectivity index (χ0) is 19.5. The van der Waals surface area contributed by atoms with Crippen LogP contribution in [0.15, 0.2) is 54.9 Å². The van der Waals surface area contributed by atoms with Gasteiger partial charge in [-0.1, -0.05) is 42.8 Å². The summed E-state index contributed by atoms with van der Waals surface area (Å²) in [7, 11) is 0. The third-order valence-corrected chi connectivity index (χ3v) is 5.11. The van der Waals surface area contributed by atoms with E-state index in [9.17, 15) is 4.79 Å². The number of pyridine rings is 1. The topological polar surface area (TPSA) is 99.8 Å². The molecule has 0 bridgehead atoms. The van der Waals surface area contributed by atoms with E-state index in [4.69, 9.17) is 11.5 Å². The molecular weight excluding hydrogens is 350 g/mol. The highest BCUT2D eigenvalue weighted by molar-refractivity contribution is 6.06. The number of carbonyl (C=O) groups is 1. The fourth-order valence-corrected chi connectivity index (χ4v) is 3.73. The molecule has 0 spiro atoms. The summed E-state index contributed by atoms with van der Waals surface area (Å²) in [6.45, 7) is 0.863. The number of primary amides is 1.